The molecule has 0 aliphatic carbocycles. The minimum atomic E-state index is -0.358. The molecule has 17 heavy (non-hydrogen) atoms. The molecule has 0 saturated carbocycles. The Hall–Kier alpha value is -2.04. The van der Waals surface area contributed by atoms with Crippen molar-refractivity contribution in [3.8, 4) is 0 Å². The van der Waals surface area contributed by atoms with E-state index in [-0.39, 0.29) is 18.0 Å². The summed E-state index contributed by atoms with van der Waals surface area (Å²) in [6.45, 7) is 8.18. The van der Waals surface area contributed by atoms with Crippen LogP contribution >= 0.6 is 0 Å². The Morgan fingerprint density at radius 3 is 2.71 bits per heavy atom. The van der Waals surface area contributed by atoms with Crippen LogP contribution in [0.2, 0.25) is 0 Å². The second-order valence-electron chi connectivity index (χ2n) is 3.70. The zero-order valence-electron chi connectivity index (χ0n) is 9.76. The van der Waals surface area contributed by atoms with E-state index in [2.05, 4.69) is 13.2 Å². The summed E-state index contributed by atoms with van der Waals surface area (Å²) in [6.07, 6.45) is 5.82. The van der Waals surface area contributed by atoms with E-state index < -0.39 is 0 Å². The molecule has 1 aromatic rings. The molecular weight excluding hydrogens is 218 g/mol. The quantitative estimate of drug-likeness (QED) is 0.708. The number of hydrogen-bond donors (Lipinski definition) is 1. The maximum absolute atomic E-state index is 11.9. The maximum atomic E-state index is 11.9. The van der Waals surface area contributed by atoms with Gasteiger partial charge in [0.1, 0.15) is 0 Å². The molecule has 2 N–H and O–H groups in total. The number of hydrogen-bond acceptors (Lipinski definition) is 2. The van der Waals surface area contributed by atoms with Gasteiger partial charge in [-0.15, -0.1) is 6.58 Å². The molecule has 1 aromatic heterocycles. The van der Waals surface area contributed by atoms with Gasteiger partial charge in [-0.1, -0.05) is 12.7 Å². The molecule has 0 fully saturated rings. The summed E-state index contributed by atoms with van der Waals surface area (Å²) in [5.74, 6) is -0.358. The van der Waals surface area contributed by atoms with Crippen LogP contribution in [0.5, 0.6) is 0 Å². The van der Waals surface area contributed by atoms with Crippen LogP contribution in [-0.4, -0.2) is 15.0 Å². The van der Waals surface area contributed by atoms with Crippen LogP contribution in [0.3, 0.4) is 0 Å². The highest BCUT2D eigenvalue weighted by Gasteiger charge is 2.08. The third kappa shape index (κ3) is 3.21. The van der Waals surface area contributed by atoms with Gasteiger partial charge in [0.25, 0.3) is 0 Å². The van der Waals surface area contributed by atoms with E-state index in [1.54, 1.807) is 27.5 Å². The van der Waals surface area contributed by atoms with E-state index in [0.717, 1.165) is 5.69 Å². The third-order valence-electron chi connectivity index (χ3n) is 2.42. The first-order valence-corrected chi connectivity index (χ1v) is 5.41. The molecule has 0 saturated heterocycles. The monoisotopic (exact) mass is 235 g/mol. The van der Waals surface area contributed by atoms with Crippen molar-refractivity contribution >= 4 is 12.0 Å². The first kappa shape index (κ1) is 13.0. The van der Waals surface area contributed by atoms with E-state index in [1.807, 2.05) is 0 Å². The van der Waals surface area contributed by atoms with E-state index in [0.29, 0.717) is 19.5 Å². The van der Waals surface area contributed by atoms with Crippen LogP contribution < -0.4 is 11.4 Å². The standard InChI is InChI=1S/C12H17N3O2/c1-3-7-14-9-10(4-2)15(12(14)17)8-5-6-11(13)16/h3-4,9H,1-2,5-8H2,(H2,13,16). The number of rotatable bonds is 7. The van der Waals surface area contributed by atoms with Crippen molar-refractivity contribution in [2.24, 2.45) is 5.73 Å². The van der Waals surface area contributed by atoms with Crippen LogP contribution in [0.1, 0.15) is 18.5 Å². The molecule has 0 unspecified atom stereocenters. The number of primary amides is 1. The van der Waals surface area contributed by atoms with Crippen molar-refractivity contribution in [3.05, 3.63) is 41.6 Å². The van der Waals surface area contributed by atoms with Crippen LogP contribution in [0, 0.1) is 0 Å². The number of allylic oxidation sites excluding steroid dienone is 1. The molecule has 0 bridgehead atoms. The van der Waals surface area contributed by atoms with E-state index in [9.17, 15) is 9.59 Å². The number of nitrogens with two attached hydrogens (primary N) is 1. The van der Waals surface area contributed by atoms with Crippen LogP contribution in [0.15, 0.2) is 30.2 Å². The van der Waals surface area contributed by atoms with Crippen LogP contribution in [0.25, 0.3) is 6.08 Å². The maximum Gasteiger partial charge on any atom is 0.328 e. The molecule has 5 heteroatoms. The lowest BCUT2D eigenvalue weighted by molar-refractivity contribution is -0.118. The fourth-order valence-electron chi connectivity index (χ4n) is 1.62. The number of carbonyl (C=O) groups excluding carboxylic acids is 1. The summed E-state index contributed by atoms with van der Waals surface area (Å²) in [4.78, 5) is 22.6. The Bertz CT molecular complexity index is 482. The van der Waals surface area contributed by atoms with E-state index in [4.69, 9.17) is 5.73 Å². The Balaban J connectivity index is 2.89. The summed E-state index contributed by atoms with van der Waals surface area (Å²) in [7, 11) is 0. The van der Waals surface area contributed by atoms with Crippen molar-refractivity contribution in [3.63, 3.8) is 0 Å². The second kappa shape index (κ2) is 5.89. The lowest BCUT2D eigenvalue weighted by Gasteiger charge is -2.02. The van der Waals surface area contributed by atoms with Crippen molar-refractivity contribution < 1.29 is 4.79 Å². The number of aromatic nitrogens is 2. The minimum Gasteiger partial charge on any atom is -0.370 e. The average Bonchev–Trinajstić information content (AvgIpc) is 2.57. The van der Waals surface area contributed by atoms with Crippen molar-refractivity contribution in [2.45, 2.75) is 25.9 Å². The molecule has 1 heterocycles. The lowest BCUT2D eigenvalue weighted by Crippen LogP contribution is -2.25. The van der Waals surface area contributed by atoms with Crippen LogP contribution in [0.4, 0.5) is 0 Å². The minimum absolute atomic E-state index is 0.121. The molecule has 0 spiro atoms. The first-order chi connectivity index (χ1) is 8.10. The summed E-state index contributed by atoms with van der Waals surface area (Å²) >= 11 is 0. The van der Waals surface area contributed by atoms with Gasteiger partial charge in [0.2, 0.25) is 5.91 Å². The second-order valence-corrected chi connectivity index (χ2v) is 3.70. The molecule has 0 aliphatic heterocycles. The smallest absolute Gasteiger partial charge is 0.328 e. The van der Waals surface area contributed by atoms with E-state index >= 15 is 0 Å². The molecule has 1 amide bonds. The largest absolute Gasteiger partial charge is 0.370 e. The Morgan fingerprint density at radius 1 is 1.47 bits per heavy atom. The third-order valence-corrected chi connectivity index (χ3v) is 2.42. The average molecular weight is 235 g/mol. The van der Waals surface area contributed by atoms with Crippen molar-refractivity contribution in [1.82, 2.24) is 9.13 Å². The van der Waals surface area contributed by atoms with Gasteiger partial charge in [0, 0.05) is 25.7 Å². The molecule has 92 valence electrons. The highest BCUT2D eigenvalue weighted by Crippen LogP contribution is 2.02. The summed E-state index contributed by atoms with van der Waals surface area (Å²) < 4.78 is 3.13. The molecule has 0 aliphatic rings. The highest BCUT2D eigenvalue weighted by molar-refractivity contribution is 5.73. The van der Waals surface area contributed by atoms with Crippen LogP contribution in [-0.2, 0) is 17.9 Å². The zero-order chi connectivity index (χ0) is 12.8. The molecule has 0 radical (unpaired) electrons. The first-order valence-electron chi connectivity index (χ1n) is 5.41. The fourth-order valence-corrected chi connectivity index (χ4v) is 1.62. The van der Waals surface area contributed by atoms with Crippen molar-refractivity contribution in [1.29, 1.82) is 0 Å². The predicted molar refractivity (Wildman–Crippen MR) is 67.4 cm³/mol. The van der Waals surface area contributed by atoms with Gasteiger partial charge >= 0.3 is 5.69 Å². The molecule has 0 atom stereocenters. The van der Waals surface area contributed by atoms with Gasteiger partial charge in [0.15, 0.2) is 0 Å². The van der Waals surface area contributed by atoms with Gasteiger partial charge in [-0.3, -0.25) is 13.9 Å². The normalized spacial score (nSPS) is 10.1. The Labute approximate surface area is 99.8 Å². The molecule has 5 nitrogen and oxygen atoms in total. The topological polar surface area (TPSA) is 70.0 Å². The van der Waals surface area contributed by atoms with Gasteiger partial charge in [-0.2, -0.15) is 0 Å². The number of carbonyl (C=O) groups is 1. The summed E-state index contributed by atoms with van der Waals surface area (Å²) in [6, 6.07) is 0. The summed E-state index contributed by atoms with van der Waals surface area (Å²) in [5.41, 5.74) is 5.67. The molecule has 1 rings (SSSR count). The lowest BCUT2D eigenvalue weighted by atomic mass is 10.3. The number of nitrogens with zero attached hydrogens (tertiary/aromatic N) is 2. The number of amides is 1. The summed E-state index contributed by atoms with van der Waals surface area (Å²) in [5, 5.41) is 0. The van der Waals surface area contributed by atoms with Gasteiger partial charge < -0.3 is 5.73 Å². The highest BCUT2D eigenvalue weighted by atomic mass is 16.2. The Kier molecular flexibility index (Phi) is 4.51. The number of imidazole rings is 1. The fraction of sp³-hybridized carbons (Fsp3) is 0.333. The SMILES string of the molecule is C=CCn1cc(C=C)n(CCCC(N)=O)c1=O. The van der Waals surface area contributed by atoms with Gasteiger partial charge in [-0.25, -0.2) is 4.79 Å². The van der Waals surface area contributed by atoms with E-state index in [1.165, 1.54) is 0 Å². The predicted octanol–water partition coefficient (Wildman–Crippen LogP) is 0.744. The van der Waals surface area contributed by atoms with Gasteiger partial charge in [-0.05, 0) is 12.5 Å². The Morgan fingerprint density at radius 2 is 2.18 bits per heavy atom. The van der Waals surface area contributed by atoms with Crippen molar-refractivity contribution in [2.75, 3.05) is 0 Å². The zero-order valence-corrected chi connectivity index (χ0v) is 9.76. The van der Waals surface area contributed by atoms with Gasteiger partial charge in [0.05, 0.1) is 5.69 Å². The molecule has 0 aromatic carbocycles. The molecular formula is C12H17N3O2.